The SMILES string of the molecule is CN(C)c1ccc(-n2nnnc2CCl)cc1. The van der Waals surface area contributed by atoms with E-state index in [1.807, 2.05) is 43.3 Å². The van der Waals surface area contributed by atoms with Crippen molar-refractivity contribution in [3.8, 4) is 5.69 Å². The summed E-state index contributed by atoms with van der Waals surface area (Å²) in [6, 6.07) is 7.94. The molecule has 0 unspecified atom stereocenters. The number of nitrogens with zero attached hydrogens (tertiary/aromatic N) is 5. The number of rotatable bonds is 3. The van der Waals surface area contributed by atoms with Crippen molar-refractivity contribution in [2.45, 2.75) is 5.88 Å². The maximum atomic E-state index is 5.73. The molecule has 0 fully saturated rings. The zero-order valence-electron chi connectivity index (χ0n) is 9.13. The Hall–Kier alpha value is -1.62. The van der Waals surface area contributed by atoms with Crippen LogP contribution in [0.25, 0.3) is 5.69 Å². The van der Waals surface area contributed by atoms with E-state index in [9.17, 15) is 0 Å². The van der Waals surface area contributed by atoms with Crippen molar-refractivity contribution >= 4 is 17.3 Å². The average Bonchev–Trinajstić information content (AvgIpc) is 2.77. The minimum absolute atomic E-state index is 0.294. The Bertz CT molecular complexity index is 462. The minimum atomic E-state index is 0.294. The van der Waals surface area contributed by atoms with Crippen LogP contribution < -0.4 is 4.90 Å². The smallest absolute Gasteiger partial charge is 0.171 e. The second-order valence-electron chi connectivity index (χ2n) is 3.55. The van der Waals surface area contributed by atoms with Gasteiger partial charge in [0, 0.05) is 19.8 Å². The lowest BCUT2D eigenvalue weighted by atomic mass is 10.2. The highest BCUT2D eigenvalue weighted by atomic mass is 35.5. The fourth-order valence-electron chi connectivity index (χ4n) is 1.38. The Morgan fingerprint density at radius 1 is 1.25 bits per heavy atom. The summed E-state index contributed by atoms with van der Waals surface area (Å²) in [5.41, 5.74) is 2.04. The molecular weight excluding hydrogens is 226 g/mol. The van der Waals surface area contributed by atoms with E-state index in [0.717, 1.165) is 11.4 Å². The largest absolute Gasteiger partial charge is 0.378 e. The molecule has 0 aliphatic rings. The molecule has 1 aromatic heterocycles. The molecule has 16 heavy (non-hydrogen) atoms. The first-order valence-electron chi connectivity index (χ1n) is 4.83. The number of hydrogen-bond acceptors (Lipinski definition) is 4. The van der Waals surface area contributed by atoms with Gasteiger partial charge in [0.25, 0.3) is 0 Å². The Kier molecular flexibility index (Phi) is 3.05. The molecule has 5 nitrogen and oxygen atoms in total. The van der Waals surface area contributed by atoms with Gasteiger partial charge in [-0.05, 0) is 34.7 Å². The number of aromatic nitrogens is 4. The van der Waals surface area contributed by atoms with Crippen molar-refractivity contribution in [1.82, 2.24) is 20.2 Å². The van der Waals surface area contributed by atoms with E-state index in [4.69, 9.17) is 11.6 Å². The van der Waals surface area contributed by atoms with E-state index in [1.165, 1.54) is 0 Å². The average molecular weight is 238 g/mol. The normalized spacial score (nSPS) is 10.4. The fourth-order valence-corrected chi connectivity index (χ4v) is 1.55. The zero-order valence-corrected chi connectivity index (χ0v) is 9.89. The van der Waals surface area contributed by atoms with E-state index in [0.29, 0.717) is 11.7 Å². The molecule has 0 aliphatic heterocycles. The van der Waals surface area contributed by atoms with Gasteiger partial charge in [-0.2, -0.15) is 4.68 Å². The molecule has 0 atom stereocenters. The van der Waals surface area contributed by atoms with Crippen molar-refractivity contribution in [1.29, 1.82) is 0 Å². The number of halogens is 1. The summed E-state index contributed by atoms with van der Waals surface area (Å²) in [7, 11) is 3.99. The Labute approximate surface area is 98.6 Å². The first-order valence-corrected chi connectivity index (χ1v) is 5.37. The summed E-state index contributed by atoms with van der Waals surface area (Å²) in [5, 5.41) is 11.3. The highest BCUT2D eigenvalue weighted by Crippen LogP contribution is 2.15. The van der Waals surface area contributed by atoms with E-state index in [2.05, 4.69) is 15.5 Å². The number of tetrazole rings is 1. The topological polar surface area (TPSA) is 46.8 Å². The summed E-state index contributed by atoms with van der Waals surface area (Å²) in [4.78, 5) is 2.03. The van der Waals surface area contributed by atoms with Gasteiger partial charge in [-0.3, -0.25) is 0 Å². The predicted molar refractivity (Wildman–Crippen MR) is 63.0 cm³/mol. The third-order valence-corrected chi connectivity index (χ3v) is 2.50. The van der Waals surface area contributed by atoms with Gasteiger partial charge in [0.1, 0.15) is 0 Å². The van der Waals surface area contributed by atoms with Crippen LogP contribution in [0.4, 0.5) is 5.69 Å². The molecule has 84 valence electrons. The van der Waals surface area contributed by atoms with Gasteiger partial charge in [-0.15, -0.1) is 16.7 Å². The molecule has 0 saturated carbocycles. The number of benzene rings is 1. The summed E-state index contributed by atoms with van der Waals surface area (Å²) < 4.78 is 1.63. The van der Waals surface area contributed by atoms with Gasteiger partial charge >= 0.3 is 0 Å². The van der Waals surface area contributed by atoms with Crippen LogP contribution in [0, 0.1) is 0 Å². The maximum Gasteiger partial charge on any atom is 0.171 e. The summed E-state index contributed by atoms with van der Waals surface area (Å²) in [5.74, 6) is 0.932. The second-order valence-corrected chi connectivity index (χ2v) is 3.82. The highest BCUT2D eigenvalue weighted by Gasteiger charge is 2.06. The number of hydrogen-bond donors (Lipinski definition) is 0. The van der Waals surface area contributed by atoms with Gasteiger partial charge in [0.15, 0.2) is 5.82 Å². The first kappa shape index (κ1) is 10.9. The van der Waals surface area contributed by atoms with Crippen LogP contribution in [0.5, 0.6) is 0 Å². The van der Waals surface area contributed by atoms with Gasteiger partial charge in [0.2, 0.25) is 0 Å². The fraction of sp³-hybridized carbons (Fsp3) is 0.300. The standard InChI is InChI=1S/C10H12ClN5/c1-15(2)8-3-5-9(6-4-8)16-10(7-11)12-13-14-16/h3-6H,7H2,1-2H3. The Balaban J connectivity index is 2.35. The van der Waals surface area contributed by atoms with Crippen LogP contribution in [0.15, 0.2) is 24.3 Å². The molecular formula is C10H12ClN5. The van der Waals surface area contributed by atoms with Crippen LogP contribution >= 0.6 is 11.6 Å². The molecule has 1 aromatic carbocycles. The molecule has 0 N–H and O–H groups in total. The monoisotopic (exact) mass is 237 g/mol. The van der Waals surface area contributed by atoms with Crippen LogP contribution in [0.3, 0.4) is 0 Å². The van der Waals surface area contributed by atoms with Crippen LogP contribution in [0.2, 0.25) is 0 Å². The van der Waals surface area contributed by atoms with Gasteiger partial charge in [0.05, 0.1) is 11.6 Å². The Morgan fingerprint density at radius 2 is 1.94 bits per heavy atom. The van der Waals surface area contributed by atoms with Crippen LogP contribution in [-0.2, 0) is 5.88 Å². The van der Waals surface area contributed by atoms with E-state index >= 15 is 0 Å². The lowest BCUT2D eigenvalue weighted by Gasteiger charge is -2.12. The summed E-state index contributed by atoms with van der Waals surface area (Å²) in [6.45, 7) is 0. The molecule has 2 aromatic rings. The summed E-state index contributed by atoms with van der Waals surface area (Å²) >= 11 is 5.73. The third kappa shape index (κ3) is 1.99. The minimum Gasteiger partial charge on any atom is -0.378 e. The quantitative estimate of drug-likeness (QED) is 0.759. The van der Waals surface area contributed by atoms with Gasteiger partial charge < -0.3 is 4.90 Å². The van der Waals surface area contributed by atoms with Crippen molar-refractivity contribution < 1.29 is 0 Å². The van der Waals surface area contributed by atoms with Crippen molar-refractivity contribution in [2.24, 2.45) is 0 Å². The molecule has 0 amide bonds. The van der Waals surface area contributed by atoms with E-state index < -0.39 is 0 Å². The van der Waals surface area contributed by atoms with Crippen LogP contribution in [0.1, 0.15) is 5.82 Å². The van der Waals surface area contributed by atoms with Crippen molar-refractivity contribution in [3.05, 3.63) is 30.1 Å². The predicted octanol–water partition coefficient (Wildman–Crippen LogP) is 1.47. The Morgan fingerprint density at radius 3 is 2.50 bits per heavy atom. The second kappa shape index (κ2) is 4.49. The zero-order chi connectivity index (χ0) is 11.5. The van der Waals surface area contributed by atoms with E-state index in [-0.39, 0.29) is 0 Å². The van der Waals surface area contributed by atoms with Crippen LogP contribution in [-0.4, -0.2) is 34.3 Å². The lowest BCUT2D eigenvalue weighted by Crippen LogP contribution is -2.08. The first-order chi connectivity index (χ1) is 7.72. The molecule has 6 heteroatoms. The molecule has 0 aliphatic carbocycles. The van der Waals surface area contributed by atoms with Crippen molar-refractivity contribution in [3.63, 3.8) is 0 Å². The lowest BCUT2D eigenvalue weighted by molar-refractivity contribution is 0.777. The third-order valence-electron chi connectivity index (χ3n) is 2.26. The molecule has 1 heterocycles. The molecule has 0 spiro atoms. The molecule has 0 radical (unpaired) electrons. The summed E-state index contributed by atoms with van der Waals surface area (Å²) in [6.07, 6.45) is 0. The molecule has 2 rings (SSSR count). The maximum absolute atomic E-state index is 5.73. The number of anilines is 1. The van der Waals surface area contributed by atoms with Crippen molar-refractivity contribution in [2.75, 3.05) is 19.0 Å². The van der Waals surface area contributed by atoms with E-state index in [1.54, 1.807) is 4.68 Å². The molecule has 0 bridgehead atoms. The highest BCUT2D eigenvalue weighted by molar-refractivity contribution is 6.16. The van der Waals surface area contributed by atoms with Gasteiger partial charge in [-0.1, -0.05) is 0 Å². The van der Waals surface area contributed by atoms with Gasteiger partial charge in [-0.25, -0.2) is 0 Å². The molecule has 0 saturated heterocycles. The number of alkyl halides is 1.